The van der Waals surface area contributed by atoms with E-state index in [-0.39, 0.29) is 17.1 Å². The number of nitrogens with zero attached hydrogens (tertiary/aromatic N) is 1. The van der Waals surface area contributed by atoms with Crippen LogP contribution in [0.2, 0.25) is 15.1 Å². The number of carboxylic acid groups (broad SMARTS) is 1. The Morgan fingerprint density at radius 3 is 2.42 bits per heavy atom. The third-order valence-electron chi connectivity index (χ3n) is 4.48. The molecule has 0 unspecified atom stereocenters. The summed E-state index contributed by atoms with van der Waals surface area (Å²) in [6.45, 7) is 0. The lowest BCUT2D eigenvalue weighted by molar-refractivity contribution is -0.137. The molecule has 0 aliphatic heterocycles. The zero-order chi connectivity index (χ0) is 22.5. The number of hydrogen-bond acceptors (Lipinski definition) is 4. The van der Waals surface area contributed by atoms with Gasteiger partial charge in [-0.15, -0.1) is 0 Å². The fourth-order valence-corrected chi connectivity index (χ4v) is 3.68. The summed E-state index contributed by atoms with van der Waals surface area (Å²) in [6.07, 6.45) is -0.349. The molecule has 0 bridgehead atoms. The Labute approximate surface area is 193 Å². The quantitative estimate of drug-likeness (QED) is 0.456. The number of ether oxygens (including phenoxy) is 1. The third-order valence-corrected chi connectivity index (χ3v) is 5.65. The number of carbonyl (C=O) groups excluding carboxylic acids is 1. The molecule has 6 nitrogen and oxygen atoms in total. The van der Waals surface area contributed by atoms with Crippen molar-refractivity contribution in [3.63, 3.8) is 0 Å². The minimum Gasteiger partial charge on any atom is -0.494 e. The Kier molecular flexibility index (Phi) is 7.38. The molecule has 0 saturated heterocycles. The van der Waals surface area contributed by atoms with E-state index in [4.69, 9.17) is 39.5 Å². The van der Waals surface area contributed by atoms with Gasteiger partial charge in [0.05, 0.1) is 29.6 Å². The number of benzene rings is 2. The first-order valence-corrected chi connectivity index (χ1v) is 10.2. The first-order valence-electron chi connectivity index (χ1n) is 9.08. The highest BCUT2D eigenvalue weighted by Gasteiger charge is 2.23. The number of carbonyl (C=O) groups is 2. The van der Waals surface area contributed by atoms with Gasteiger partial charge < -0.3 is 15.2 Å². The van der Waals surface area contributed by atoms with Crippen molar-refractivity contribution >= 4 is 46.7 Å². The van der Waals surface area contributed by atoms with E-state index in [1.807, 2.05) is 0 Å². The molecular weight excluding hydrogens is 463 g/mol. The highest BCUT2D eigenvalue weighted by Crippen LogP contribution is 2.37. The Hall–Kier alpha value is -2.80. The average molecular weight is 480 g/mol. The van der Waals surface area contributed by atoms with Crippen molar-refractivity contribution in [2.24, 2.45) is 0 Å². The van der Waals surface area contributed by atoms with E-state index in [9.17, 15) is 14.7 Å². The van der Waals surface area contributed by atoms with Gasteiger partial charge in [-0.25, -0.2) is 4.98 Å². The fourth-order valence-electron chi connectivity index (χ4n) is 3.02. The van der Waals surface area contributed by atoms with E-state index in [1.54, 1.807) is 48.5 Å². The minimum absolute atomic E-state index is 0.0503. The normalized spacial score (nSPS) is 11.6. The van der Waals surface area contributed by atoms with E-state index in [0.29, 0.717) is 32.6 Å². The average Bonchev–Trinajstić information content (AvgIpc) is 2.74. The smallest absolute Gasteiger partial charge is 0.305 e. The molecule has 2 aromatic carbocycles. The molecule has 2 N–H and O–H groups in total. The van der Waals surface area contributed by atoms with Crippen LogP contribution in [0.15, 0.2) is 54.6 Å². The van der Waals surface area contributed by atoms with Gasteiger partial charge in [0.2, 0.25) is 0 Å². The number of halogens is 3. The first kappa shape index (κ1) is 22.9. The number of pyridine rings is 1. The van der Waals surface area contributed by atoms with Gasteiger partial charge in [-0.3, -0.25) is 9.59 Å². The van der Waals surface area contributed by atoms with Crippen LogP contribution >= 0.6 is 34.8 Å². The second kappa shape index (κ2) is 10.0. The highest BCUT2D eigenvalue weighted by molar-refractivity contribution is 6.43. The van der Waals surface area contributed by atoms with Crippen LogP contribution in [0.25, 0.3) is 11.3 Å². The van der Waals surface area contributed by atoms with Crippen molar-refractivity contribution in [3.8, 4) is 17.0 Å². The number of aliphatic carboxylic acids is 1. The molecule has 9 heteroatoms. The van der Waals surface area contributed by atoms with Crippen LogP contribution in [-0.4, -0.2) is 29.1 Å². The molecule has 1 amide bonds. The maximum absolute atomic E-state index is 12.9. The van der Waals surface area contributed by atoms with Crippen LogP contribution in [-0.2, 0) is 4.79 Å². The monoisotopic (exact) mass is 478 g/mol. The Morgan fingerprint density at radius 2 is 1.74 bits per heavy atom. The van der Waals surface area contributed by atoms with Crippen LogP contribution < -0.4 is 10.1 Å². The molecule has 160 valence electrons. The molecule has 0 saturated carbocycles. The van der Waals surface area contributed by atoms with Crippen molar-refractivity contribution in [2.45, 2.75) is 12.5 Å². The van der Waals surface area contributed by atoms with Gasteiger partial charge in [-0.2, -0.15) is 0 Å². The van der Waals surface area contributed by atoms with E-state index in [2.05, 4.69) is 10.3 Å². The van der Waals surface area contributed by atoms with Gasteiger partial charge in [-0.1, -0.05) is 65.1 Å². The van der Waals surface area contributed by atoms with Crippen LogP contribution in [0.4, 0.5) is 0 Å². The number of nitrogens with one attached hydrogen (secondary N) is 1. The Morgan fingerprint density at radius 1 is 1.03 bits per heavy atom. The van der Waals surface area contributed by atoms with Gasteiger partial charge in [0.25, 0.3) is 5.91 Å². The van der Waals surface area contributed by atoms with Gasteiger partial charge in [0, 0.05) is 10.6 Å². The van der Waals surface area contributed by atoms with E-state index in [0.717, 1.165) is 0 Å². The number of methoxy groups -OCH3 is 1. The van der Waals surface area contributed by atoms with Crippen molar-refractivity contribution < 1.29 is 19.4 Å². The highest BCUT2D eigenvalue weighted by atomic mass is 35.5. The molecule has 3 rings (SSSR count). The summed E-state index contributed by atoms with van der Waals surface area (Å²) in [6, 6.07) is 14.0. The van der Waals surface area contributed by atoms with E-state index >= 15 is 0 Å². The molecular formula is C22H17Cl3N2O4. The maximum atomic E-state index is 12.9. The molecule has 0 radical (unpaired) electrons. The summed E-state index contributed by atoms with van der Waals surface area (Å²) in [5, 5.41) is 12.9. The molecule has 0 aliphatic carbocycles. The lowest BCUT2D eigenvalue weighted by atomic mass is 10.0. The van der Waals surface area contributed by atoms with Crippen molar-refractivity contribution in [2.75, 3.05) is 7.11 Å². The number of amides is 1. The number of carboxylic acids is 1. The lowest BCUT2D eigenvalue weighted by Gasteiger charge is -2.19. The molecule has 1 aromatic heterocycles. The first-order chi connectivity index (χ1) is 14.8. The second-order valence-corrected chi connectivity index (χ2v) is 7.69. The van der Waals surface area contributed by atoms with Gasteiger partial charge in [0.15, 0.2) is 0 Å². The number of rotatable bonds is 7. The minimum atomic E-state index is -1.08. The van der Waals surface area contributed by atoms with Gasteiger partial charge in [0.1, 0.15) is 17.1 Å². The largest absolute Gasteiger partial charge is 0.494 e. The van der Waals surface area contributed by atoms with Crippen LogP contribution in [0.3, 0.4) is 0 Å². The molecule has 0 spiro atoms. The fraction of sp³-hybridized carbons (Fsp3) is 0.136. The number of hydrogen-bond donors (Lipinski definition) is 2. The molecule has 0 fully saturated rings. The van der Waals surface area contributed by atoms with Gasteiger partial charge in [-0.05, 0) is 29.8 Å². The van der Waals surface area contributed by atoms with Crippen LogP contribution in [0.5, 0.6) is 5.75 Å². The predicted octanol–water partition coefficient (Wildman–Crippen LogP) is 5.66. The van der Waals surface area contributed by atoms with Gasteiger partial charge >= 0.3 is 5.97 Å². The topological polar surface area (TPSA) is 88.5 Å². The Bertz CT molecular complexity index is 1140. The maximum Gasteiger partial charge on any atom is 0.305 e. The predicted molar refractivity (Wildman–Crippen MR) is 120 cm³/mol. The summed E-state index contributed by atoms with van der Waals surface area (Å²) in [7, 11) is 1.47. The summed E-state index contributed by atoms with van der Waals surface area (Å²) in [5.74, 6) is -1.26. The summed E-state index contributed by atoms with van der Waals surface area (Å²) >= 11 is 18.6. The number of aromatic nitrogens is 1. The van der Waals surface area contributed by atoms with E-state index < -0.39 is 17.9 Å². The summed E-state index contributed by atoms with van der Waals surface area (Å²) < 4.78 is 5.36. The standard InChI is InChI=1S/C22H17Cl3N2O4/c1-31-18-10-9-16(26-21(18)13-6-4-8-15(24)20(13)25)22(30)27-17(11-19(28)29)12-5-2-3-7-14(12)23/h2-10,17H,11H2,1H3,(H,27,30)(H,28,29)/t17-/m0/s1. The van der Waals surface area contributed by atoms with Crippen LogP contribution in [0, 0.1) is 0 Å². The SMILES string of the molecule is COc1ccc(C(=O)N[C@@H](CC(=O)O)c2ccccc2Cl)nc1-c1cccc(Cl)c1Cl. The molecule has 0 aliphatic rings. The summed E-state index contributed by atoms with van der Waals surface area (Å²) in [4.78, 5) is 28.7. The molecule has 31 heavy (non-hydrogen) atoms. The Balaban J connectivity index is 1.98. The molecule has 1 atom stereocenters. The lowest BCUT2D eigenvalue weighted by Crippen LogP contribution is -2.31. The molecule has 1 heterocycles. The van der Waals surface area contributed by atoms with Crippen molar-refractivity contribution in [1.82, 2.24) is 10.3 Å². The van der Waals surface area contributed by atoms with Crippen LogP contribution in [0.1, 0.15) is 28.5 Å². The zero-order valence-electron chi connectivity index (χ0n) is 16.2. The molecule has 3 aromatic rings. The summed E-state index contributed by atoms with van der Waals surface area (Å²) in [5.41, 5.74) is 1.37. The van der Waals surface area contributed by atoms with Crippen molar-refractivity contribution in [3.05, 3.63) is 80.9 Å². The van der Waals surface area contributed by atoms with E-state index in [1.165, 1.54) is 13.2 Å². The second-order valence-electron chi connectivity index (χ2n) is 6.49. The third kappa shape index (κ3) is 5.28. The zero-order valence-corrected chi connectivity index (χ0v) is 18.5. The van der Waals surface area contributed by atoms with Crippen molar-refractivity contribution in [1.29, 1.82) is 0 Å².